The number of hydrogen-bond donors (Lipinski definition) is 1. The number of hydrogen-bond acceptors (Lipinski definition) is 2. The molecule has 0 spiro atoms. The van der Waals surface area contributed by atoms with Crippen LogP contribution >= 0.6 is 0 Å². The lowest BCUT2D eigenvalue weighted by Gasteiger charge is -2.23. The Hall–Kier alpha value is -0.0800. The van der Waals surface area contributed by atoms with Gasteiger partial charge in [-0.05, 0) is 24.7 Å². The zero-order valence-corrected chi connectivity index (χ0v) is 10.4. The van der Waals surface area contributed by atoms with E-state index in [2.05, 4.69) is 13.8 Å². The van der Waals surface area contributed by atoms with E-state index < -0.39 is 0 Å². The van der Waals surface area contributed by atoms with Gasteiger partial charge in [-0.25, -0.2) is 0 Å². The molecule has 0 bridgehead atoms. The first-order chi connectivity index (χ1) is 7.24. The fraction of sp³-hybridized carbons (Fsp3) is 1.00. The molecular formula is C13H27NO. The summed E-state index contributed by atoms with van der Waals surface area (Å²) < 4.78 is 5.73. The molecule has 0 aromatic rings. The van der Waals surface area contributed by atoms with Gasteiger partial charge in [-0.3, -0.25) is 0 Å². The van der Waals surface area contributed by atoms with Gasteiger partial charge in [0.1, 0.15) is 0 Å². The minimum atomic E-state index is 0.221. The molecule has 1 aliphatic rings. The average Bonchev–Trinajstić information content (AvgIpc) is 2.29. The van der Waals surface area contributed by atoms with Gasteiger partial charge in [0.05, 0.1) is 6.61 Å². The minimum absolute atomic E-state index is 0.221. The van der Waals surface area contributed by atoms with Crippen LogP contribution in [0.25, 0.3) is 0 Å². The predicted octanol–water partition coefficient (Wildman–Crippen LogP) is 2.96. The zero-order valence-electron chi connectivity index (χ0n) is 10.4. The van der Waals surface area contributed by atoms with E-state index in [4.69, 9.17) is 10.5 Å². The molecule has 0 aliphatic heterocycles. The number of ether oxygens (including phenoxy) is 1. The van der Waals surface area contributed by atoms with Crippen molar-refractivity contribution in [2.75, 3.05) is 13.2 Å². The molecule has 2 heteroatoms. The molecule has 0 amide bonds. The minimum Gasteiger partial charge on any atom is -0.380 e. The van der Waals surface area contributed by atoms with Gasteiger partial charge in [0.15, 0.2) is 0 Å². The molecule has 1 rings (SSSR count). The normalized spacial score (nSPS) is 22.6. The van der Waals surface area contributed by atoms with Crippen molar-refractivity contribution in [3.63, 3.8) is 0 Å². The highest BCUT2D eigenvalue weighted by Gasteiger charge is 2.15. The van der Waals surface area contributed by atoms with Crippen molar-refractivity contribution in [2.45, 2.75) is 58.4 Å². The van der Waals surface area contributed by atoms with E-state index in [0.717, 1.165) is 25.6 Å². The van der Waals surface area contributed by atoms with Crippen LogP contribution in [0.5, 0.6) is 0 Å². The zero-order chi connectivity index (χ0) is 11.1. The molecule has 1 aliphatic carbocycles. The summed E-state index contributed by atoms with van der Waals surface area (Å²) in [7, 11) is 0. The van der Waals surface area contributed by atoms with Gasteiger partial charge in [-0.2, -0.15) is 0 Å². The number of nitrogens with two attached hydrogens (primary N) is 1. The Labute approximate surface area is 94.6 Å². The SMILES string of the molecule is CCC(C)C(N)COCC1CCCCC1. The Morgan fingerprint density at radius 2 is 1.93 bits per heavy atom. The molecule has 2 nitrogen and oxygen atoms in total. The highest BCUT2D eigenvalue weighted by molar-refractivity contribution is 4.69. The molecule has 0 aromatic carbocycles. The number of rotatable bonds is 6. The fourth-order valence-electron chi connectivity index (χ4n) is 2.19. The molecule has 1 fully saturated rings. The third-order valence-electron chi connectivity index (χ3n) is 3.76. The van der Waals surface area contributed by atoms with Crippen molar-refractivity contribution >= 4 is 0 Å². The van der Waals surface area contributed by atoms with Crippen molar-refractivity contribution < 1.29 is 4.74 Å². The lowest BCUT2D eigenvalue weighted by Crippen LogP contribution is -2.33. The molecule has 0 radical (unpaired) electrons. The third kappa shape index (κ3) is 4.98. The van der Waals surface area contributed by atoms with E-state index in [-0.39, 0.29) is 6.04 Å². The molecular weight excluding hydrogens is 186 g/mol. The van der Waals surface area contributed by atoms with E-state index in [0.29, 0.717) is 5.92 Å². The monoisotopic (exact) mass is 213 g/mol. The van der Waals surface area contributed by atoms with Crippen LogP contribution in [0.4, 0.5) is 0 Å². The largest absolute Gasteiger partial charge is 0.380 e. The van der Waals surface area contributed by atoms with Crippen molar-refractivity contribution in [1.29, 1.82) is 0 Å². The topological polar surface area (TPSA) is 35.2 Å². The Kier molecular flexibility index (Phi) is 6.26. The first kappa shape index (κ1) is 13.0. The van der Waals surface area contributed by atoms with Crippen LogP contribution in [0.3, 0.4) is 0 Å². The Bertz CT molecular complexity index is 153. The van der Waals surface area contributed by atoms with Crippen molar-refractivity contribution in [3.05, 3.63) is 0 Å². The summed E-state index contributed by atoms with van der Waals surface area (Å²) in [5, 5.41) is 0. The lowest BCUT2D eigenvalue weighted by atomic mass is 9.90. The molecule has 15 heavy (non-hydrogen) atoms. The Balaban J connectivity index is 2.04. The summed E-state index contributed by atoms with van der Waals surface area (Å²) in [4.78, 5) is 0. The van der Waals surface area contributed by atoms with Crippen LogP contribution in [0, 0.1) is 11.8 Å². The van der Waals surface area contributed by atoms with Crippen LogP contribution in [0.2, 0.25) is 0 Å². The van der Waals surface area contributed by atoms with Crippen molar-refractivity contribution in [1.82, 2.24) is 0 Å². The quantitative estimate of drug-likeness (QED) is 0.736. The van der Waals surface area contributed by atoms with Gasteiger partial charge in [0.2, 0.25) is 0 Å². The van der Waals surface area contributed by atoms with Gasteiger partial charge in [-0.1, -0.05) is 39.5 Å². The molecule has 2 N–H and O–H groups in total. The second kappa shape index (κ2) is 7.24. The van der Waals surface area contributed by atoms with E-state index in [1.807, 2.05) is 0 Å². The molecule has 2 unspecified atom stereocenters. The predicted molar refractivity (Wildman–Crippen MR) is 64.8 cm³/mol. The molecule has 1 saturated carbocycles. The van der Waals surface area contributed by atoms with Crippen LogP contribution in [0.15, 0.2) is 0 Å². The summed E-state index contributed by atoms with van der Waals surface area (Å²) in [5.41, 5.74) is 6.02. The third-order valence-corrected chi connectivity index (χ3v) is 3.76. The van der Waals surface area contributed by atoms with Crippen LogP contribution in [-0.4, -0.2) is 19.3 Å². The van der Waals surface area contributed by atoms with E-state index in [1.54, 1.807) is 0 Å². The molecule has 90 valence electrons. The molecule has 0 saturated heterocycles. The van der Waals surface area contributed by atoms with Gasteiger partial charge in [-0.15, -0.1) is 0 Å². The van der Waals surface area contributed by atoms with Gasteiger partial charge in [0, 0.05) is 12.6 Å². The standard InChI is InChI=1S/C13H27NO/c1-3-11(2)13(14)10-15-9-12-7-5-4-6-8-12/h11-13H,3-10,14H2,1-2H3. The van der Waals surface area contributed by atoms with E-state index in [1.165, 1.54) is 32.1 Å². The second-order valence-electron chi connectivity index (χ2n) is 5.09. The Morgan fingerprint density at radius 3 is 2.53 bits per heavy atom. The smallest absolute Gasteiger partial charge is 0.0620 e. The van der Waals surface area contributed by atoms with Gasteiger partial charge >= 0.3 is 0 Å². The Morgan fingerprint density at radius 1 is 1.27 bits per heavy atom. The molecule has 0 aromatic heterocycles. The van der Waals surface area contributed by atoms with Gasteiger partial charge < -0.3 is 10.5 Å². The maximum absolute atomic E-state index is 6.02. The lowest BCUT2D eigenvalue weighted by molar-refractivity contribution is 0.0668. The summed E-state index contributed by atoms with van der Waals surface area (Å²) >= 11 is 0. The van der Waals surface area contributed by atoms with E-state index in [9.17, 15) is 0 Å². The first-order valence-corrected chi connectivity index (χ1v) is 6.57. The van der Waals surface area contributed by atoms with Crippen LogP contribution in [0.1, 0.15) is 52.4 Å². The van der Waals surface area contributed by atoms with E-state index >= 15 is 0 Å². The molecule has 2 atom stereocenters. The summed E-state index contributed by atoms with van der Waals surface area (Å²) in [6, 6.07) is 0.221. The first-order valence-electron chi connectivity index (χ1n) is 6.57. The maximum atomic E-state index is 6.02. The summed E-state index contributed by atoms with van der Waals surface area (Å²) in [6.45, 7) is 6.07. The second-order valence-corrected chi connectivity index (χ2v) is 5.09. The maximum Gasteiger partial charge on any atom is 0.0620 e. The van der Waals surface area contributed by atoms with Crippen molar-refractivity contribution in [2.24, 2.45) is 17.6 Å². The highest BCUT2D eigenvalue weighted by atomic mass is 16.5. The summed E-state index contributed by atoms with van der Waals surface area (Å²) in [5.74, 6) is 1.39. The van der Waals surface area contributed by atoms with Crippen molar-refractivity contribution in [3.8, 4) is 0 Å². The van der Waals surface area contributed by atoms with Crippen LogP contribution in [-0.2, 0) is 4.74 Å². The van der Waals surface area contributed by atoms with Crippen LogP contribution < -0.4 is 5.73 Å². The summed E-state index contributed by atoms with van der Waals surface area (Å²) in [6.07, 6.45) is 8.07. The average molecular weight is 213 g/mol. The highest BCUT2D eigenvalue weighted by Crippen LogP contribution is 2.23. The van der Waals surface area contributed by atoms with Gasteiger partial charge in [0.25, 0.3) is 0 Å². The fourth-order valence-corrected chi connectivity index (χ4v) is 2.19. The molecule has 0 heterocycles.